The molecule has 0 saturated carbocycles. The van der Waals surface area contributed by atoms with E-state index in [2.05, 4.69) is 13.8 Å². The Kier molecular flexibility index (Phi) is 13.2. The van der Waals surface area contributed by atoms with Crippen molar-refractivity contribution in [1.82, 2.24) is 0 Å². The first kappa shape index (κ1) is 20.0. The summed E-state index contributed by atoms with van der Waals surface area (Å²) in [7, 11) is 0. The summed E-state index contributed by atoms with van der Waals surface area (Å²) in [5.41, 5.74) is 0. The van der Waals surface area contributed by atoms with Gasteiger partial charge in [-0.05, 0) is 19.3 Å². The minimum absolute atomic E-state index is 0.0951. The van der Waals surface area contributed by atoms with Crippen molar-refractivity contribution in [3.05, 3.63) is 0 Å². The maximum Gasteiger partial charge on any atom is 0.158 e. The molecule has 2 atom stereocenters. The van der Waals surface area contributed by atoms with Crippen LogP contribution in [0, 0.1) is 0 Å². The Morgan fingerprint density at radius 2 is 1.18 bits per heavy atom. The van der Waals surface area contributed by atoms with Gasteiger partial charge in [0, 0.05) is 0 Å². The van der Waals surface area contributed by atoms with Crippen LogP contribution in [0.25, 0.3) is 0 Å². The third kappa shape index (κ3) is 10.6. The van der Waals surface area contributed by atoms with E-state index in [-0.39, 0.29) is 6.29 Å². The number of ether oxygens (including phenoxy) is 2. The van der Waals surface area contributed by atoms with E-state index in [1.165, 1.54) is 83.5 Å². The molecular formula is C20H40O2. The third-order valence-electron chi connectivity index (χ3n) is 4.81. The minimum atomic E-state index is 0.0951. The highest BCUT2D eigenvalue weighted by Gasteiger charge is 2.23. The molecule has 0 spiro atoms. The molecule has 0 bridgehead atoms. The molecule has 132 valence electrons. The summed E-state index contributed by atoms with van der Waals surface area (Å²) in [6.07, 6.45) is 21.0. The molecule has 1 saturated heterocycles. The lowest BCUT2D eigenvalue weighted by molar-refractivity contribution is -0.0634. The monoisotopic (exact) mass is 312 g/mol. The summed E-state index contributed by atoms with van der Waals surface area (Å²) in [5.74, 6) is 0. The van der Waals surface area contributed by atoms with E-state index in [0.717, 1.165) is 19.4 Å². The number of hydrogen-bond acceptors (Lipinski definition) is 2. The zero-order valence-corrected chi connectivity index (χ0v) is 15.3. The van der Waals surface area contributed by atoms with Gasteiger partial charge in [0.05, 0.1) is 12.7 Å². The van der Waals surface area contributed by atoms with Crippen LogP contribution in [-0.4, -0.2) is 19.0 Å². The highest BCUT2D eigenvalue weighted by molar-refractivity contribution is 4.63. The van der Waals surface area contributed by atoms with Gasteiger partial charge in [-0.1, -0.05) is 90.9 Å². The average molecular weight is 313 g/mol. The first-order valence-electron chi connectivity index (χ1n) is 10.1. The van der Waals surface area contributed by atoms with E-state index in [0.29, 0.717) is 6.10 Å². The molecule has 0 aliphatic carbocycles. The first-order chi connectivity index (χ1) is 10.9. The van der Waals surface area contributed by atoms with Crippen LogP contribution in [0.3, 0.4) is 0 Å². The van der Waals surface area contributed by atoms with Crippen molar-refractivity contribution in [1.29, 1.82) is 0 Å². The minimum Gasteiger partial charge on any atom is -0.350 e. The quantitative estimate of drug-likeness (QED) is 0.316. The zero-order valence-electron chi connectivity index (χ0n) is 15.3. The summed E-state index contributed by atoms with van der Waals surface area (Å²) >= 11 is 0. The van der Waals surface area contributed by atoms with E-state index in [4.69, 9.17) is 9.47 Å². The second-order valence-electron chi connectivity index (χ2n) is 6.96. The van der Waals surface area contributed by atoms with Crippen LogP contribution in [0.2, 0.25) is 0 Å². The van der Waals surface area contributed by atoms with Gasteiger partial charge in [-0.15, -0.1) is 0 Å². The van der Waals surface area contributed by atoms with Crippen LogP contribution >= 0.6 is 0 Å². The standard InChI is InChI=1S/C20H40O2/c1-3-5-6-7-8-9-10-11-12-13-14-15-16-17-20-21-18-19(4-2)22-20/h19-20H,3-18H2,1-2H3. The Labute approximate surface area is 139 Å². The lowest BCUT2D eigenvalue weighted by Gasteiger charge is -2.10. The number of hydrogen-bond donors (Lipinski definition) is 0. The summed E-state index contributed by atoms with van der Waals surface area (Å²) < 4.78 is 11.4. The summed E-state index contributed by atoms with van der Waals surface area (Å²) in [6, 6.07) is 0. The maximum atomic E-state index is 5.80. The fourth-order valence-corrected chi connectivity index (χ4v) is 3.20. The van der Waals surface area contributed by atoms with Crippen LogP contribution in [-0.2, 0) is 9.47 Å². The highest BCUT2D eigenvalue weighted by Crippen LogP contribution is 2.19. The van der Waals surface area contributed by atoms with Crippen LogP contribution in [0.5, 0.6) is 0 Å². The molecule has 1 aliphatic heterocycles. The maximum absolute atomic E-state index is 5.80. The SMILES string of the molecule is CCCCCCCCCCCCCCCC1OCC(CC)O1. The second-order valence-corrected chi connectivity index (χ2v) is 6.96. The van der Waals surface area contributed by atoms with Gasteiger partial charge in [0.25, 0.3) is 0 Å². The van der Waals surface area contributed by atoms with Gasteiger partial charge in [0.15, 0.2) is 6.29 Å². The fourth-order valence-electron chi connectivity index (χ4n) is 3.20. The Bertz CT molecular complexity index is 230. The Morgan fingerprint density at radius 1 is 0.682 bits per heavy atom. The molecule has 0 aromatic rings. The molecule has 0 aromatic heterocycles. The predicted molar refractivity (Wildman–Crippen MR) is 95.2 cm³/mol. The van der Waals surface area contributed by atoms with Crippen LogP contribution in [0.1, 0.15) is 110 Å². The first-order valence-corrected chi connectivity index (χ1v) is 10.1. The molecule has 1 heterocycles. The van der Waals surface area contributed by atoms with Crippen molar-refractivity contribution in [2.75, 3.05) is 6.61 Å². The summed E-state index contributed by atoms with van der Waals surface area (Å²) in [5, 5.41) is 0. The van der Waals surface area contributed by atoms with Crippen LogP contribution < -0.4 is 0 Å². The third-order valence-corrected chi connectivity index (χ3v) is 4.81. The van der Waals surface area contributed by atoms with Gasteiger partial charge in [0.1, 0.15) is 0 Å². The van der Waals surface area contributed by atoms with Crippen LogP contribution in [0.4, 0.5) is 0 Å². The highest BCUT2D eigenvalue weighted by atomic mass is 16.7. The van der Waals surface area contributed by atoms with E-state index in [1.807, 2.05) is 0 Å². The number of unbranched alkanes of at least 4 members (excludes halogenated alkanes) is 12. The van der Waals surface area contributed by atoms with Crippen molar-refractivity contribution >= 4 is 0 Å². The Balaban J connectivity index is 1.72. The van der Waals surface area contributed by atoms with Gasteiger partial charge < -0.3 is 9.47 Å². The topological polar surface area (TPSA) is 18.5 Å². The Morgan fingerprint density at radius 3 is 1.64 bits per heavy atom. The summed E-state index contributed by atoms with van der Waals surface area (Å²) in [4.78, 5) is 0. The van der Waals surface area contributed by atoms with E-state index < -0.39 is 0 Å². The molecule has 1 fully saturated rings. The normalized spacial score (nSPS) is 21.5. The molecule has 1 aliphatic rings. The van der Waals surface area contributed by atoms with E-state index >= 15 is 0 Å². The van der Waals surface area contributed by atoms with Crippen molar-refractivity contribution < 1.29 is 9.47 Å². The largest absolute Gasteiger partial charge is 0.350 e. The van der Waals surface area contributed by atoms with Crippen molar-refractivity contribution in [2.45, 2.75) is 123 Å². The molecule has 0 radical (unpaired) electrons. The second kappa shape index (κ2) is 14.5. The average Bonchev–Trinajstić information content (AvgIpc) is 3.00. The Hall–Kier alpha value is -0.0800. The zero-order chi connectivity index (χ0) is 15.9. The molecule has 2 heteroatoms. The number of rotatable bonds is 15. The van der Waals surface area contributed by atoms with E-state index in [1.54, 1.807) is 0 Å². The molecular weight excluding hydrogens is 272 g/mol. The molecule has 0 aromatic carbocycles. The molecule has 2 unspecified atom stereocenters. The van der Waals surface area contributed by atoms with Gasteiger partial charge >= 0.3 is 0 Å². The van der Waals surface area contributed by atoms with Crippen molar-refractivity contribution in [3.8, 4) is 0 Å². The smallest absolute Gasteiger partial charge is 0.158 e. The predicted octanol–water partition coefficient (Wildman–Crippen LogP) is 6.62. The van der Waals surface area contributed by atoms with Crippen molar-refractivity contribution in [2.24, 2.45) is 0 Å². The summed E-state index contributed by atoms with van der Waals surface area (Å²) in [6.45, 7) is 5.26. The fraction of sp³-hybridized carbons (Fsp3) is 1.00. The molecule has 0 N–H and O–H groups in total. The van der Waals surface area contributed by atoms with E-state index in [9.17, 15) is 0 Å². The lowest BCUT2D eigenvalue weighted by Crippen LogP contribution is -2.10. The van der Waals surface area contributed by atoms with Crippen molar-refractivity contribution in [3.63, 3.8) is 0 Å². The molecule has 2 nitrogen and oxygen atoms in total. The molecule has 0 amide bonds. The lowest BCUT2D eigenvalue weighted by atomic mass is 10.0. The molecule has 1 rings (SSSR count). The molecule has 22 heavy (non-hydrogen) atoms. The van der Waals surface area contributed by atoms with Gasteiger partial charge in [-0.3, -0.25) is 0 Å². The van der Waals surface area contributed by atoms with Gasteiger partial charge in [-0.2, -0.15) is 0 Å². The van der Waals surface area contributed by atoms with Gasteiger partial charge in [-0.25, -0.2) is 0 Å². The van der Waals surface area contributed by atoms with Gasteiger partial charge in [0.2, 0.25) is 0 Å². The van der Waals surface area contributed by atoms with Crippen LogP contribution in [0.15, 0.2) is 0 Å².